The second kappa shape index (κ2) is 8.41. The lowest BCUT2D eigenvalue weighted by Gasteiger charge is -2.35. The predicted molar refractivity (Wildman–Crippen MR) is 99.8 cm³/mol. The van der Waals surface area contributed by atoms with E-state index in [2.05, 4.69) is 29.0 Å². The van der Waals surface area contributed by atoms with Gasteiger partial charge in [0.15, 0.2) is 0 Å². The van der Waals surface area contributed by atoms with Gasteiger partial charge in [-0.2, -0.15) is 0 Å². The highest BCUT2D eigenvalue weighted by Gasteiger charge is 2.21. The second-order valence-corrected chi connectivity index (χ2v) is 6.89. The van der Waals surface area contributed by atoms with Crippen molar-refractivity contribution in [3.05, 3.63) is 42.1 Å². The molecule has 0 aliphatic carbocycles. The SMILES string of the molecule is C[C@@H]1CN(CCCCNC(=O)c2ccc3ncccc3c2)C[C@@H](C)O1. The van der Waals surface area contributed by atoms with E-state index < -0.39 is 0 Å². The zero-order valence-corrected chi connectivity index (χ0v) is 15.1. The summed E-state index contributed by atoms with van der Waals surface area (Å²) in [6, 6.07) is 9.49. The lowest BCUT2D eigenvalue weighted by Crippen LogP contribution is -2.45. The molecule has 2 heterocycles. The lowest BCUT2D eigenvalue weighted by molar-refractivity contribution is -0.0681. The van der Waals surface area contributed by atoms with Gasteiger partial charge in [-0.15, -0.1) is 0 Å². The van der Waals surface area contributed by atoms with E-state index in [-0.39, 0.29) is 5.91 Å². The van der Waals surface area contributed by atoms with E-state index in [4.69, 9.17) is 4.74 Å². The van der Waals surface area contributed by atoms with E-state index in [1.165, 1.54) is 0 Å². The summed E-state index contributed by atoms with van der Waals surface area (Å²) in [5.41, 5.74) is 1.60. The highest BCUT2D eigenvalue weighted by Crippen LogP contribution is 2.13. The van der Waals surface area contributed by atoms with Crippen molar-refractivity contribution in [2.24, 2.45) is 0 Å². The van der Waals surface area contributed by atoms with Crippen molar-refractivity contribution < 1.29 is 9.53 Å². The van der Waals surface area contributed by atoms with Gasteiger partial charge in [0.05, 0.1) is 17.7 Å². The largest absolute Gasteiger partial charge is 0.373 e. The Morgan fingerprint density at radius 2 is 2.04 bits per heavy atom. The summed E-state index contributed by atoms with van der Waals surface area (Å²) in [5.74, 6) is -0.0145. The molecule has 1 saturated heterocycles. The molecule has 1 aromatic heterocycles. The molecule has 0 radical (unpaired) electrons. The van der Waals surface area contributed by atoms with Crippen LogP contribution in [0.25, 0.3) is 10.9 Å². The number of nitrogens with zero attached hydrogens (tertiary/aromatic N) is 2. The maximum absolute atomic E-state index is 12.3. The molecule has 2 aromatic rings. The molecular weight excluding hydrogens is 314 g/mol. The number of morpholine rings is 1. The first kappa shape index (κ1) is 17.8. The van der Waals surface area contributed by atoms with E-state index in [9.17, 15) is 4.79 Å². The molecule has 0 unspecified atom stereocenters. The number of pyridine rings is 1. The number of rotatable bonds is 6. The fourth-order valence-electron chi connectivity index (χ4n) is 3.45. The van der Waals surface area contributed by atoms with Gasteiger partial charge in [-0.1, -0.05) is 6.07 Å². The lowest BCUT2D eigenvalue weighted by atomic mass is 10.1. The Hall–Kier alpha value is -1.98. The second-order valence-electron chi connectivity index (χ2n) is 6.89. The average Bonchev–Trinajstić information content (AvgIpc) is 2.60. The van der Waals surface area contributed by atoms with Gasteiger partial charge in [-0.25, -0.2) is 0 Å². The summed E-state index contributed by atoms with van der Waals surface area (Å²) in [6.45, 7) is 8.03. The van der Waals surface area contributed by atoms with E-state index in [1.807, 2.05) is 30.3 Å². The molecular formula is C20H27N3O2. The maximum Gasteiger partial charge on any atom is 0.251 e. The van der Waals surface area contributed by atoms with Gasteiger partial charge in [-0.3, -0.25) is 14.7 Å². The normalized spacial score (nSPS) is 21.4. The van der Waals surface area contributed by atoms with E-state index >= 15 is 0 Å². The van der Waals surface area contributed by atoms with Crippen molar-refractivity contribution in [1.29, 1.82) is 0 Å². The van der Waals surface area contributed by atoms with Crippen molar-refractivity contribution in [3.63, 3.8) is 0 Å². The van der Waals surface area contributed by atoms with Crippen LogP contribution in [0.1, 0.15) is 37.0 Å². The fourth-order valence-corrected chi connectivity index (χ4v) is 3.45. The van der Waals surface area contributed by atoms with Crippen molar-refractivity contribution >= 4 is 16.8 Å². The molecule has 1 aromatic carbocycles. The number of amides is 1. The number of carbonyl (C=O) groups is 1. The molecule has 1 N–H and O–H groups in total. The summed E-state index contributed by atoms with van der Waals surface area (Å²) in [5, 5.41) is 4.01. The molecule has 5 nitrogen and oxygen atoms in total. The number of nitrogens with one attached hydrogen (secondary N) is 1. The van der Waals surface area contributed by atoms with Gasteiger partial charge in [0, 0.05) is 36.8 Å². The minimum Gasteiger partial charge on any atom is -0.373 e. The van der Waals surface area contributed by atoms with Crippen LogP contribution in [0.3, 0.4) is 0 Å². The number of benzene rings is 1. The third-order valence-electron chi connectivity index (χ3n) is 4.55. The quantitative estimate of drug-likeness (QED) is 0.821. The van der Waals surface area contributed by atoms with Gasteiger partial charge < -0.3 is 10.1 Å². The fraction of sp³-hybridized carbons (Fsp3) is 0.500. The van der Waals surface area contributed by atoms with Gasteiger partial charge in [0.25, 0.3) is 5.91 Å². The summed E-state index contributed by atoms with van der Waals surface area (Å²) in [7, 11) is 0. The zero-order valence-electron chi connectivity index (χ0n) is 15.1. The predicted octanol–water partition coefficient (Wildman–Crippen LogP) is 2.85. The van der Waals surface area contributed by atoms with Crippen molar-refractivity contribution in [2.75, 3.05) is 26.2 Å². The summed E-state index contributed by atoms with van der Waals surface area (Å²) in [6.07, 6.45) is 4.46. The number of hydrogen-bond acceptors (Lipinski definition) is 4. The molecule has 1 aliphatic heterocycles. The van der Waals surface area contributed by atoms with Crippen LogP contribution in [0.4, 0.5) is 0 Å². The monoisotopic (exact) mass is 341 g/mol. The van der Waals surface area contributed by atoms with E-state index in [0.717, 1.165) is 43.4 Å². The molecule has 134 valence electrons. The first-order valence-electron chi connectivity index (χ1n) is 9.12. The molecule has 2 atom stereocenters. The van der Waals surface area contributed by atoms with Crippen LogP contribution in [0.2, 0.25) is 0 Å². The number of fused-ring (bicyclic) bond motifs is 1. The van der Waals surface area contributed by atoms with Crippen LogP contribution >= 0.6 is 0 Å². The smallest absolute Gasteiger partial charge is 0.251 e. The first-order valence-corrected chi connectivity index (χ1v) is 9.12. The van der Waals surface area contributed by atoms with Gasteiger partial charge in [0.1, 0.15) is 0 Å². The van der Waals surface area contributed by atoms with Crippen LogP contribution in [-0.4, -0.2) is 54.2 Å². The Balaban J connectivity index is 1.40. The Kier molecular flexibility index (Phi) is 6.00. The minimum absolute atomic E-state index is 0.0145. The molecule has 25 heavy (non-hydrogen) atoms. The number of unbranched alkanes of at least 4 members (excludes halogenated alkanes) is 1. The minimum atomic E-state index is -0.0145. The summed E-state index contributed by atoms with van der Waals surface area (Å²) >= 11 is 0. The third-order valence-corrected chi connectivity index (χ3v) is 4.55. The van der Waals surface area contributed by atoms with Crippen LogP contribution in [-0.2, 0) is 4.74 Å². The molecule has 0 saturated carbocycles. The van der Waals surface area contributed by atoms with Crippen molar-refractivity contribution in [3.8, 4) is 0 Å². The molecule has 3 rings (SSSR count). The molecule has 1 fully saturated rings. The molecule has 0 spiro atoms. The van der Waals surface area contributed by atoms with E-state index in [0.29, 0.717) is 24.3 Å². The average molecular weight is 341 g/mol. The van der Waals surface area contributed by atoms with Crippen LogP contribution in [0.15, 0.2) is 36.5 Å². The van der Waals surface area contributed by atoms with Gasteiger partial charge in [0.2, 0.25) is 0 Å². The number of carbonyl (C=O) groups excluding carboxylic acids is 1. The number of ether oxygens (including phenoxy) is 1. The molecule has 0 bridgehead atoms. The van der Waals surface area contributed by atoms with Crippen molar-refractivity contribution in [2.45, 2.75) is 38.9 Å². The highest BCUT2D eigenvalue weighted by molar-refractivity contribution is 5.97. The summed E-state index contributed by atoms with van der Waals surface area (Å²) < 4.78 is 5.75. The molecule has 1 aliphatic rings. The number of aromatic nitrogens is 1. The number of hydrogen-bond donors (Lipinski definition) is 1. The standard InChI is InChI=1S/C20H27N3O2/c1-15-13-23(14-16(2)25-15)11-4-3-9-22-20(24)18-7-8-19-17(12-18)6-5-10-21-19/h5-8,10,12,15-16H,3-4,9,11,13-14H2,1-2H3,(H,22,24)/t15-,16-/m1/s1. The zero-order chi connectivity index (χ0) is 17.6. The Labute approximate surface area is 149 Å². The van der Waals surface area contributed by atoms with Crippen molar-refractivity contribution in [1.82, 2.24) is 15.2 Å². The highest BCUT2D eigenvalue weighted by atomic mass is 16.5. The maximum atomic E-state index is 12.3. The van der Waals surface area contributed by atoms with Gasteiger partial charge in [-0.05, 0) is 57.5 Å². The Morgan fingerprint density at radius 1 is 1.24 bits per heavy atom. The Bertz CT molecular complexity index is 709. The first-order chi connectivity index (χ1) is 12.1. The van der Waals surface area contributed by atoms with E-state index in [1.54, 1.807) is 6.20 Å². The van der Waals surface area contributed by atoms with Gasteiger partial charge >= 0.3 is 0 Å². The third kappa shape index (κ3) is 5.00. The van der Waals surface area contributed by atoms with Crippen LogP contribution < -0.4 is 5.32 Å². The topological polar surface area (TPSA) is 54.5 Å². The summed E-state index contributed by atoms with van der Waals surface area (Å²) in [4.78, 5) is 19.0. The Morgan fingerprint density at radius 3 is 2.84 bits per heavy atom. The molecule has 5 heteroatoms. The molecule has 1 amide bonds. The van der Waals surface area contributed by atoms with Crippen LogP contribution in [0.5, 0.6) is 0 Å². The van der Waals surface area contributed by atoms with Crippen LogP contribution in [0, 0.1) is 0 Å².